The zero-order valence-electron chi connectivity index (χ0n) is 8.73. The lowest BCUT2D eigenvalue weighted by Gasteiger charge is -2.29. The fourth-order valence-corrected chi connectivity index (χ4v) is 2.58. The van der Waals surface area contributed by atoms with Crippen LogP contribution in [0, 0.1) is 13.8 Å². The summed E-state index contributed by atoms with van der Waals surface area (Å²) in [6.07, 6.45) is 4.04. The summed E-state index contributed by atoms with van der Waals surface area (Å²) in [5.41, 5.74) is 4.01. The van der Waals surface area contributed by atoms with E-state index >= 15 is 0 Å². The molecule has 0 aromatic heterocycles. The van der Waals surface area contributed by atoms with E-state index in [-0.39, 0.29) is 0 Å². The molecule has 14 heavy (non-hydrogen) atoms. The van der Waals surface area contributed by atoms with Crippen molar-refractivity contribution in [3.05, 3.63) is 27.7 Å². The van der Waals surface area contributed by atoms with Crippen LogP contribution in [0.2, 0.25) is 0 Å². The van der Waals surface area contributed by atoms with E-state index in [1.807, 2.05) is 0 Å². The molecule has 1 N–H and O–H groups in total. The molecule has 1 aromatic carbocycles. The Morgan fingerprint density at radius 2 is 1.79 bits per heavy atom. The Labute approximate surface area is 94.0 Å². The first-order valence-electron chi connectivity index (χ1n) is 5.20. The first-order chi connectivity index (χ1) is 6.66. The van der Waals surface area contributed by atoms with Crippen LogP contribution in [0.4, 0.5) is 5.69 Å². The van der Waals surface area contributed by atoms with Crippen molar-refractivity contribution in [2.24, 2.45) is 0 Å². The second kappa shape index (κ2) is 3.93. The summed E-state index contributed by atoms with van der Waals surface area (Å²) in [4.78, 5) is 0. The molecule has 0 amide bonds. The van der Waals surface area contributed by atoms with Gasteiger partial charge in [0.1, 0.15) is 0 Å². The van der Waals surface area contributed by atoms with Gasteiger partial charge in [-0.05, 0) is 56.4 Å². The lowest BCUT2D eigenvalue weighted by atomic mass is 9.92. The molecule has 0 atom stereocenters. The molecule has 2 heteroatoms. The van der Waals surface area contributed by atoms with E-state index in [2.05, 4.69) is 47.2 Å². The van der Waals surface area contributed by atoms with Gasteiger partial charge in [-0.3, -0.25) is 0 Å². The number of hydrogen-bond donors (Lipinski definition) is 1. The minimum absolute atomic E-state index is 0.716. The third kappa shape index (κ3) is 1.95. The maximum absolute atomic E-state index is 3.62. The zero-order chi connectivity index (χ0) is 10.1. The molecule has 0 unspecified atom stereocenters. The van der Waals surface area contributed by atoms with E-state index in [9.17, 15) is 0 Å². The van der Waals surface area contributed by atoms with Gasteiger partial charge >= 0.3 is 0 Å². The Morgan fingerprint density at radius 1 is 1.21 bits per heavy atom. The second-order valence-corrected chi connectivity index (χ2v) is 5.10. The minimum Gasteiger partial charge on any atom is -0.382 e. The highest BCUT2D eigenvalue weighted by Crippen LogP contribution is 2.29. The number of aryl methyl sites for hydroxylation is 2. The molecular weight excluding hydrogens is 238 g/mol. The highest BCUT2D eigenvalue weighted by molar-refractivity contribution is 9.10. The number of anilines is 1. The molecule has 1 nitrogen and oxygen atoms in total. The summed E-state index contributed by atoms with van der Waals surface area (Å²) in [7, 11) is 0. The first-order valence-corrected chi connectivity index (χ1v) is 5.99. The van der Waals surface area contributed by atoms with Gasteiger partial charge in [-0.1, -0.05) is 15.9 Å². The Balaban J connectivity index is 2.22. The molecule has 76 valence electrons. The smallest absolute Gasteiger partial charge is 0.0402 e. The molecule has 2 rings (SSSR count). The second-order valence-electron chi connectivity index (χ2n) is 4.19. The van der Waals surface area contributed by atoms with Crippen LogP contribution in [0.3, 0.4) is 0 Å². The van der Waals surface area contributed by atoms with E-state index in [4.69, 9.17) is 0 Å². The quantitative estimate of drug-likeness (QED) is 0.840. The van der Waals surface area contributed by atoms with Gasteiger partial charge in [-0.2, -0.15) is 0 Å². The van der Waals surface area contributed by atoms with Gasteiger partial charge in [-0.25, -0.2) is 0 Å². The van der Waals surface area contributed by atoms with Gasteiger partial charge in [0.2, 0.25) is 0 Å². The van der Waals surface area contributed by atoms with E-state index in [0.29, 0.717) is 6.04 Å². The van der Waals surface area contributed by atoms with Gasteiger partial charge in [-0.15, -0.1) is 0 Å². The molecule has 0 saturated heterocycles. The summed E-state index contributed by atoms with van der Waals surface area (Å²) in [5, 5.41) is 3.62. The Morgan fingerprint density at radius 3 is 2.21 bits per heavy atom. The molecular formula is C12H16BrN. The molecule has 0 aliphatic heterocycles. The third-order valence-electron chi connectivity index (χ3n) is 2.95. The fourth-order valence-electron chi connectivity index (χ4n) is 1.90. The number of halogens is 1. The first kappa shape index (κ1) is 10.0. The summed E-state index contributed by atoms with van der Waals surface area (Å²) in [6.45, 7) is 4.33. The van der Waals surface area contributed by atoms with Crippen LogP contribution < -0.4 is 5.32 Å². The highest BCUT2D eigenvalue weighted by atomic mass is 79.9. The Bertz CT molecular complexity index is 319. The molecule has 0 radical (unpaired) electrons. The largest absolute Gasteiger partial charge is 0.382 e. The normalized spacial score (nSPS) is 16.5. The Hall–Kier alpha value is -0.500. The predicted molar refractivity (Wildman–Crippen MR) is 64.9 cm³/mol. The van der Waals surface area contributed by atoms with Gasteiger partial charge in [0.25, 0.3) is 0 Å². The monoisotopic (exact) mass is 253 g/mol. The molecule has 1 aliphatic carbocycles. The van der Waals surface area contributed by atoms with Crippen molar-refractivity contribution in [2.45, 2.75) is 39.2 Å². The van der Waals surface area contributed by atoms with Crippen molar-refractivity contribution in [3.63, 3.8) is 0 Å². The predicted octanol–water partition coefficient (Wildman–Crippen LogP) is 4.03. The summed E-state index contributed by atoms with van der Waals surface area (Å²) < 4.78 is 1.17. The summed E-state index contributed by atoms with van der Waals surface area (Å²) >= 11 is 3.52. The third-order valence-corrected chi connectivity index (χ3v) is 3.41. The summed E-state index contributed by atoms with van der Waals surface area (Å²) in [5.74, 6) is 0. The lowest BCUT2D eigenvalue weighted by molar-refractivity contribution is 0.445. The average Bonchev–Trinajstić information content (AvgIpc) is 1.98. The van der Waals surface area contributed by atoms with Crippen LogP contribution >= 0.6 is 15.9 Å². The SMILES string of the molecule is Cc1cc(Br)cc(C)c1NC1CCC1. The van der Waals surface area contributed by atoms with Crippen LogP contribution in [-0.4, -0.2) is 6.04 Å². The van der Waals surface area contributed by atoms with Crippen molar-refractivity contribution >= 4 is 21.6 Å². The lowest BCUT2D eigenvalue weighted by Crippen LogP contribution is -2.27. The highest BCUT2D eigenvalue weighted by Gasteiger charge is 2.18. The minimum atomic E-state index is 0.716. The van der Waals surface area contributed by atoms with Crippen LogP contribution in [0.1, 0.15) is 30.4 Å². The van der Waals surface area contributed by atoms with Crippen LogP contribution in [0.15, 0.2) is 16.6 Å². The van der Waals surface area contributed by atoms with Crippen molar-refractivity contribution in [3.8, 4) is 0 Å². The molecule has 1 aliphatic rings. The average molecular weight is 254 g/mol. The summed E-state index contributed by atoms with van der Waals surface area (Å²) in [6, 6.07) is 5.07. The maximum atomic E-state index is 3.62. The molecule has 1 fully saturated rings. The maximum Gasteiger partial charge on any atom is 0.0402 e. The molecule has 1 saturated carbocycles. The van der Waals surface area contributed by atoms with Gasteiger partial charge in [0, 0.05) is 16.2 Å². The number of rotatable bonds is 2. The number of hydrogen-bond acceptors (Lipinski definition) is 1. The van der Waals surface area contributed by atoms with Crippen LogP contribution in [-0.2, 0) is 0 Å². The zero-order valence-corrected chi connectivity index (χ0v) is 10.3. The van der Waals surface area contributed by atoms with E-state index in [1.165, 1.54) is 40.5 Å². The number of nitrogens with one attached hydrogen (secondary N) is 1. The van der Waals surface area contributed by atoms with Gasteiger partial charge in [0.05, 0.1) is 0 Å². The van der Waals surface area contributed by atoms with E-state index < -0.39 is 0 Å². The van der Waals surface area contributed by atoms with Crippen molar-refractivity contribution < 1.29 is 0 Å². The van der Waals surface area contributed by atoms with Gasteiger partial charge < -0.3 is 5.32 Å². The molecule has 1 aromatic rings. The fraction of sp³-hybridized carbons (Fsp3) is 0.500. The molecule has 0 heterocycles. The standard InChI is InChI=1S/C12H16BrN/c1-8-6-10(13)7-9(2)12(8)14-11-4-3-5-11/h6-7,11,14H,3-5H2,1-2H3. The topological polar surface area (TPSA) is 12.0 Å². The van der Waals surface area contributed by atoms with E-state index in [0.717, 1.165) is 0 Å². The Kier molecular flexibility index (Phi) is 2.82. The van der Waals surface area contributed by atoms with Gasteiger partial charge in [0.15, 0.2) is 0 Å². The van der Waals surface area contributed by atoms with Crippen LogP contribution in [0.25, 0.3) is 0 Å². The van der Waals surface area contributed by atoms with Crippen LogP contribution in [0.5, 0.6) is 0 Å². The van der Waals surface area contributed by atoms with Crippen molar-refractivity contribution in [2.75, 3.05) is 5.32 Å². The molecule has 0 bridgehead atoms. The number of benzene rings is 1. The van der Waals surface area contributed by atoms with E-state index in [1.54, 1.807) is 0 Å². The molecule has 0 spiro atoms. The van der Waals surface area contributed by atoms with Crippen molar-refractivity contribution in [1.82, 2.24) is 0 Å². The van der Waals surface area contributed by atoms with Crippen molar-refractivity contribution in [1.29, 1.82) is 0 Å².